The molecule has 116 valence electrons. The van der Waals surface area contributed by atoms with Gasteiger partial charge in [-0.2, -0.15) is 0 Å². The number of carbonyl (C=O) groups is 1. The molecule has 2 unspecified atom stereocenters. The van der Waals surface area contributed by atoms with Crippen LogP contribution < -0.4 is 5.32 Å². The summed E-state index contributed by atoms with van der Waals surface area (Å²) in [7, 11) is 2.04. The summed E-state index contributed by atoms with van der Waals surface area (Å²) in [5.74, 6) is 0.0905. The SMILES string of the molecule is CC(NC(=O)CN(C)C1CCc2ccccc21)c1cccs1. The molecule has 0 spiro atoms. The van der Waals surface area contributed by atoms with Crippen LogP contribution in [-0.2, 0) is 11.2 Å². The number of likely N-dealkylation sites (N-methyl/N-ethyl adjacent to an activating group) is 1. The minimum absolute atomic E-state index is 0.0803. The zero-order valence-corrected chi connectivity index (χ0v) is 13.9. The molecule has 3 nitrogen and oxygen atoms in total. The van der Waals surface area contributed by atoms with Gasteiger partial charge < -0.3 is 5.32 Å². The van der Waals surface area contributed by atoms with Crippen LogP contribution in [0.5, 0.6) is 0 Å². The molecule has 1 aromatic carbocycles. The Morgan fingerprint density at radius 1 is 1.36 bits per heavy atom. The number of amides is 1. The summed E-state index contributed by atoms with van der Waals surface area (Å²) in [6.45, 7) is 2.48. The molecule has 1 aromatic heterocycles. The van der Waals surface area contributed by atoms with Crippen LogP contribution in [0.3, 0.4) is 0 Å². The summed E-state index contributed by atoms with van der Waals surface area (Å²) in [5, 5.41) is 5.13. The van der Waals surface area contributed by atoms with Gasteiger partial charge in [-0.05, 0) is 49.4 Å². The quantitative estimate of drug-likeness (QED) is 0.915. The fourth-order valence-electron chi connectivity index (χ4n) is 3.23. The van der Waals surface area contributed by atoms with Crippen molar-refractivity contribution in [2.75, 3.05) is 13.6 Å². The van der Waals surface area contributed by atoms with Crippen LogP contribution in [0.25, 0.3) is 0 Å². The lowest BCUT2D eigenvalue weighted by molar-refractivity contribution is -0.123. The van der Waals surface area contributed by atoms with Gasteiger partial charge in [0, 0.05) is 10.9 Å². The third-order valence-electron chi connectivity index (χ3n) is 4.37. The molecule has 0 bridgehead atoms. The van der Waals surface area contributed by atoms with Crippen molar-refractivity contribution in [3.8, 4) is 0 Å². The fourth-order valence-corrected chi connectivity index (χ4v) is 3.96. The molecule has 1 N–H and O–H groups in total. The maximum Gasteiger partial charge on any atom is 0.234 e. The number of nitrogens with zero attached hydrogens (tertiary/aromatic N) is 1. The van der Waals surface area contributed by atoms with Crippen molar-refractivity contribution in [1.82, 2.24) is 10.2 Å². The first kappa shape index (κ1) is 15.3. The lowest BCUT2D eigenvalue weighted by atomic mass is 10.1. The van der Waals surface area contributed by atoms with E-state index in [9.17, 15) is 4.79 Å². The van der Waals surface area contributed by atoms with Crippen molar-refractivity contribution in [2.24, 2.45) is 0 Å². The molecule has 4 heteroatoms. The van der Waals surface area contributed by atoms with Gasteiger partial charge in [-0.3, -0.25) is 9.69 Å². The number of hydrogen-bond donors (Lipinski definition) is 1. The van der Waals surface area contributed by atoms with E-state index in [4.69, 9.17) is 0 Å². The van der Waals surface area contributed by atoms with E-state index in [-0.39, 0.29) is 11.9 Å². The minimum atomic E-state index is 0.0803. The molecule has 0 radical (unpaired) electrons. The number of rotatable bonds is 5. The monoisotopic (exact) mass is 314 g/mol. The molecule has 0 saturated carbocycles. The Hall–Kier alpha value is -1.65. The van der Waals surface area contributed by atoms with Crippen LogP contribution in [0.2, 0.25) is 0 Å². The van der Waals surface area contributed by atoms with E-state index in [1.807, 2.05) is 25.4 Å². The summed E-state index contributed by atoms with van der Waals surface area (Å²) in [6.07, 6.45) is 2.21. The highest BCUT2D eigenvalue weighted by atomic mass is 32.1. The zero-order valence-electron chi connectivity index (χ0n) is 13.1. The predicted molar refractivity (Wildman–Crippen MR) is 91.0 cm³/mol. The molecule has 1 aliphatic rings. The van der Waals surface area contributed by atoms with Crippen LogP contribution in [0, 0.1) is 0 Å². The average molecular weight is 314 g/mol. The Morgan fingerprint density at radius 2 is 2.18 bits per heavy atom. The second-order valence-corrected chi connectivity index (χ2v) is 6.95. The van der Waals surface area contributed by atoms with Gasteiger partial charge in [0.25, 0.3) is 0 Å². The molecular weight excluding hydrogens is 292 g/mol. The van der Waals surface area contributed by atoms with Gasteiger partial charge in [-0.1, -0.05) is 30.3 Å². The van der Waals surface area contributed by atoms with Crippen molar-refractivity contribution in [2.45, 2.75) is 31.8 Å². The topological polar surface area (TPSA) is 32.3 Å². The summed E-state index contributed by atoms with van der Waals surface area (Å²) in [5.41, 5.74) is 2.80. The van der Waals surface area contributed by atoms with Gasteiger partial charge in [0.15, 0.2) is 0 Å². The van der Waals surface area contributed by atoms with Gasteiger partial charge >= 0.3 is 0 Å². The fraction of sp³-hybridized carbons (Fsp3) is 0.389. The highest BCUT2D eigenvalue weighted by Crippen LogP contribution is 2.34. The largest absolute Gasteiger partial charge is 0.348 e. The molecule has 0 saturated heterocycles. The molecule has 3 rings (SSSR count). The van der Waals surface area contributed by atoms with Gasteiger partial charge in [0.1, 0.15) is 0 Å². The number of thiophene rings is 1. The molecule has 2 atom stereocenters. The third-order valence-corrected chi connectivity index (χ3v) is 5.43. The Kier molecular flexibility index (Phi) is 4.60. The molecule has 22 heavy (non-hydrogen) atoms. The van der Waals surface area contributed by atoms with Gasteiger partial charge in [0.2, 0.25) is 5.91 Å². The van der Waals surface area contributed by atoms with E-state index in [0.29, 0.717) is 12.6 Å². The molecule has 0 aliphatic heterocycles. The smallest absolute Gasteiger partial charge is 0.234 e. The number of hydrogen-bond acceptors (Lipinski definition) is 3. The van der Waals surface area contributed by atoms with Crippen LogP contribution in [0.4, 0.5) is 0 Å². The molecule has 1 amide bonds. The first-order valence-electron chi connectivity index (χ1n) is 7.76. The predicted octanol–water partition coefficient (Wildman–Crippen LogP) is 3.54. The number of carbonyl (C=O) groups excluding carboxylic acids is 1. The normalized spacial score (nSPS) is 18.2. The average Bonchev–Trinajstić information content (AvgIpc) is 3.16. The van der Waals surface area contributed by atoms with Crippen molar-refractivity contribution >= 4 is 17.2 Å². The standard InChI is InChI=1S/C18H22N2OS/c1-13(17-8-5-11-22-17)19-18(21)12-20(2)16-10-9-14-6-3-4-7-15(14)16/h3-8,11,13,16H,9-10,12H2,1-2H3,(H,19,21). The van der Waals surface area contributed by atoms with Gasteiger partial charge in [-0.25, -0.2) is 0 Å². The van der Waals surface area contributed by atoms with E-state index in [0.717, 1.165) is 12.8 Å². The highest BCUT2D eigenvalue weighted by molar-refractivity contribution is 7.10. The zero-order chi connectivity index (χ0) is 15.5. The van der Waals surface area contributed by atoms with Crippen LogP contribution in [0.15, 0.2) is 41.8 Å². The van der Waals surface area contributed by atoms with E-state index < -0.39 is 0 Å². The maximum absolute atomic E-state index is 12.3. The van der Waals surface area contributed by atoms with E-state index >= 15 is 0 Å². The van der Waals surface area contributed by atoms with Crippen LogP contribution in [0.1, 0.15) is 41.4 Å². The van der Waals surface area contributed by atoms with Gasteiger partial charge in [0.05, 0.1) is 12.6 Å². The number of fused-ring (bicyclic) bond motifs is 1. The first-order chi connectivity index (χ1) is 10.6. The summed E-state index contributed by atoms with van der Waals surface area (Å²) < 4.78 is 0. The number of nitrogens with one attached hydrogen (secondary N) is 1. The van der Waals surface area contributed by atoms with E-state index in [2.05, 4.69) is 40.5 Å². The Bertz CT molecular complexity index is 638. The summed E-state index contributed by atoms with van der Waals surface area (Å²) in [6, 6.07) is 13.1. The first-order valence-corrected chi connectivity index (χ1v) is 8.64. The summed E-state index contributed by atoms with van der Waals surface area (Å²) >= 11 is 1.68. The van der Waals surface area contributed by atoms with Crippen LogP contribution >= 0.6 is 11.3 Å². The second-order valence-electron chi connectivity index (χ2n) is 5.97. The van der Waals surface area contributed by atoms with Crippen LogP contribution in [-0.4, -0.2) is 24.4 Å². The van der Waals surface area contributed by atoms with E-state index in [1.54, 1.807) is 11.3 Å². The summed E-state index contributed by atoms with van der Waals surface area (Å²) in [4.78, 5) is 15.6. The Balaban J connectivity index is 1.58. The lowest BCUT2D eigenvalue weighted by Gasteiger charge is -2.25. The lowest BCUT2D eigenvalue weighted by Crippen LogP contribution is -2.37. The van der Waals surface area contributed by atoms with E-state index in [1.165, 1.54) is 16.0 Å². The molecule has 0 fully saturated rings. The highest BCUT2D eigenvalue weighted by Gasteiger charge is 2.26. The van der Waals surface area contributed by atoms with Crippen molar-refractivity contribution in [1.29, 1.82) is 0 Å². The number of benzene rings is 1. The Labute approximate surface area is 136 Å². The molecular formula is C18H22N2OS. The Morgan fingerprint density at radius 3 is 2.95 bits per heavy atom. The van der Waals surface area contributed by atoms with Crippen molar-refractivity contribution in [3.05, 3.63) is 57.8 Å². The maximum atomic E-state index is 12.3. The second kappa shape index (κ2) is 6.63. The van der Waals surface area contributed by atoms with Gasteiger partial charge in [-0.15, -0.1) is 11.3 Å². The third kappa shape index (κ3) is 3.23. The minimum Gasteiger partial charge on any atom is -0.348 e. The number of aryl methyl sites for hydroxylation is 1. The molecule has 1 heterocycles. The van der Waals surface area contributed by atoms with Crippen molar-refractivity contribution in [3.63, 3.8) is 0 Å². The molecule has 2 aromatic rings. The van der Waals surface area contributed by atoms with Crippen molar-refractivity contribution < 1.29 is 4.79 Å². The molecule has 1 aliphatic carbocycles.